The second-order valence-electron chi connectivity index (χ2n) is 3.71. The maximum absolute atomic E-state index is 5.45. The van der Waals surface area contributed by atoms with E-state index in [2.05, 4.69) is 5.32 Å². The van der Waals surface area contributed by atoms with Crippen LogP contribution in [0, 0.1) is 0 Å². The smallest absolute Gasteiger partial charge is 0.129 e. The third kappa shape index (κ3) is 3.52. The van der Waals surface area contributed by atoms with Gasteiger partial charge >= 0.3 is 0 Å². The zero-order valence-corrected chi connectivity index (χ0v) is 8.37. The SMILES string of the molecule is c1coc(COCCCNC2CC2)c1. The topological polar surface area (TPSA) is 34.4 Å². The third-order valence-corrected chi connectivity index (χ3v) is 2.30. The monoisotopic (exact) mass is 195 g/mol. The first-order valence-electron chi connectivity index (χ1n) is 5.28. The van der Waals surface area contributed by atoms with Crippen molar-refractivity contribution in [3.63, 3.8) is 0 Å². The summed E-state index contributed by atoms with van der Waals surface area (Å²) in [6, 6.07) is 4.62. The highest BCUT2D eigenvalue weighted by atomic mass is 16.5. The molecule has 1 fully saturated rings. The summed E-state index contributed by atoms with van der Waals surface area (Å²) in [6.07, 6.45) is 5.46. The number of rotatable bonds is 7. The highest BCUT2D eigenvalue weighted by Gasteiger charge is 2.19. The second-order valence-corrected chi connectivity index (χ2v) is 3.71. The Morgan fingerprint density at radius 1 is 1.50 bits per heavy atom. The van der Waals surface area contributed by atoms with E-state index >= 15 is 0 Å². The van der Waals surface area contributed by atoms with E-state index in [1.54, 1.807) is 6.26 Å². The van der Waals surface area contributed by atoms with Crippen LogP contribution in [0.15, 0.2) is 22.8 Å². The van der Waals surface area contributed by atoms with Crippen molar-refractivity contribution in [2.75, 3.05) is 13.2 Å². The predicted octanol–water partition coefficient (Wildman–Crippen LogP) is 1.94. The summed E-state index contributed by atoms with van der Waals surface area (Å²) >= 11 is 0. The van der Waals surface area contributed by atoms with E-state index in [1.165, 1.54) is 12.8 Å². The second kappa shape index (κ2) is 5.17. The minimum atomic E-state index is 0.594. The van der Waals surface area contributed by atoms with Gasteiger partial charge in [-0.15, -0.1) is 0 Å². The van der Waals surface area contributed by atoms with Crippen molar-refractivity contribution < 1.29 is 9.15 Å². The maximum atomic E-state index is 5.45. The molecule has 1 aromatic heterocycles. The van der Waals surface area contributed by atoms with Crippen LogP contribution in [0.1, 0.15) is 25.0 Å². The van der Waals surface area contributed by atoms with Crippen molar-refractivity contribution in [1.29, 1.82) is 0 Å². The summed E-state index contributed by atoms with van der Waals surface area (Å²) in [6.45, 7) is 2.47. The van der Waals surface area contributed by atoms with Gasteiger partial charge in [0, 0.05) is 12.6 Å². The standard InChI is InChI=1S/C11H17NO2/c1-3-11(14-8-1)9-13-7-2-6-12-10-4-5-10/h1,3,8,10,12H,2,4-7,9H2. The molecule has 1 N–H and O–H groups in total. The average molecular weight is 195 g/mol. The minimum absolute atomic E-state index is 0.594. The molecule has 2 rings (SSSR count). The van der Waals surface area contributed by atoms with E-state index in [4.69, 9.17) is 9.15 Å². The molecule has 78 valence electrons. The van der Waals surface area contributed by atoms with Crippen molar-refractivity contribution in [1.82, 2.24) is 5.32 Å². The lowest BCUT2D eigenvalue weighted by Crippen LogP contribution is -2.18. The van der Waals surface area contributed by atoms with Gasteiger partial charge in [-0.05, 0) is 37.9 Å². The minimum Gasteiger partial charge on any atom is -0.467 e. The van der Waals surface area contributed by atoms with Crippen LogP contribution in [0.4, 0.5) is 0 Å². The molecule has 1 heterocycles. The highest BCUT2D eigenvalue weighted by molar-refractivity contribution is 4.95. The predicted molar refractivity (Wildman–Crippen MR) is 54.0 cm³/mol. The fourth-order valence-corrected chi connectivity index (χ4v) is 1.34. The van der Waals surface area contributed by atoms with Crippen molar-refractivity contribution in [2.45, 2.75) is 31.9 Å². The number of hydrogen-bond donors (Lipinski definition) is 1. The van der Waals surface area contributed by atoms with Crippen molar-refractivity contribution in [3.8, 4) is 0 Å². The molecule has 0 amide bonds. The van der Waals surface area contributed by atoms with Gasteiger partial charge in [0.1, 0.15) is 12.4 Å². The summed E-state index contributed by atoms with van der Waals surface area (Å²) < 4.78 is 10.6. The Hall–Kier alpha value is -0.800. The molecule has 0 saturated heterocycles. The van der Waals surface area contributed by atoms with E-state index in [1.807, 2.05) is 12.1 Å². The normalized spacial score (nSPS) is 16.0. The zero-order valence-electron chi connectivity index (χ0n) is 8.37. The van der Waals surface area contributed by atoms with E-state index < -0.39 is 0 Å². The van der Waals surface area contributed by atoms with E-state index in [-0.39, 0.29) is 0 Å². The Morgan fingerprint density at radius 2 is 2.43 bits per heavy atom. The molecular weight excluding hydrogens is 178 g/mol. The van der Waals surface area contributed by atoms with Crippen LogP contribution < -0.4 is 5.32 Å². The molecule has 0 atom stereocenters. The van der Waals surface area contributed by atoms with Crippen LogP contribution >= 0.6 is 0 Å². The molecule has 0 radical (unpaired) electrons. The highest BCUT2D eigenvalue weighted by Crippen LogP contribution is 2.18. The molecule has 3 nitrogen and oxygen atoms in total. The lowest BCUT2D eigenvalue weighted by atomic mass is 10.4. The van der Waals surface area contributed by atoms with Crippen molar-refractivity contribution in [3.05, 3.63) is 24.2 Å². The first-order valence-corrected chi connectivity index (χ1v) is 5.28. The van der Waals surface area contributed by atoms with Crippen molar-refractivity contribution >= 4 is 0 Å². The van der Waals surface area contributed by atoms with Gasteiger partial charge in [0.2, 0.25) is 0 Å². The van der Waals surface area contributed by atoms with Crippen LogP contribution in [0.2, 0.25) is 0 Å². The molecule has 0 bridgehead atoms. The number of hydrogen-bond acceptors (Lipinski definition) is 3. The van der Waals surface area contributed by atoms with E-state index in [9.17, 15) is 0 Å². The van der Waals surface area contributed by atoms with Gasteiger partial charge in [-0.1, -0.05) is 0 Å². The Morgan fingerprint density at radius 3 is 3.14 bits per heavy atom. The molecule has 14 heavy (non-hydrogen) atoms. The Bertz CT molecular complexity index is 242. The molecule has 1 aliphatic rings. The molecule has 0 aromatic carbocycles. The zero-order chi connectivity index (χ0) is 9.64. The van der Waals surface area contributed by atoms with Gasteiger partial charge in [-0.25, -0.2) is 0 Å². The lowest BCUT2D eigenvalue weighted by molar-refractivity contribution is 0.104. The lowest BCUT2D eigenvalue weighted by Gasteiger charge is -2.03. The van der Waals surface area contributed by atoms with Crippen LogP contribution in [-0.4, -0.2) is 19.2 Å². The summed E-state index contributed by atoms with van der Waals surface area (Å²) in [5.41, 5.74) is 0. The summed E-state index contributed by atoms with van der Waals surface area (Å²) in [5, 5.41) is 3.45. The molecule has 1 aromatic rings. The summed E-state index contributed by atoms with van der Waals surface area (Å²) in [4.78, 5) is 0. The molecule has 0 spiro atoms. The third-order valence-electron chi connectivity index (χ3n) is 2.30. The quantitative estimate of drug-likeness (QED) is 0.675. The van der Waals surface area contributed by atoms with Crippen LogP contribution in [0.25, 0.3) is 0 Å². The fourth-order valence-electron chi connectivity index (χ4n) is 1.34. The van der Waals surface area contributed by atoms with Crippen LogP contribution in [0.3, 0.4) is 0 Å². The van der Waals surface area contributed by atoms with E-state index in [0.717, 1.165) is 31.4 Å². The summed E-state index contributed by atoms with van der Waals surface area (Å²) in [7, 11) is 0. The molecule has 1 saturated carbocycles. The van der Waals surface area contributed by atoms with Crippen LogP contribution in [0.5, 0.6) is 0 Å². The molecule has 1 aliphatic carbocycles. The van der Waals surface area contributed by atoms with Crippen molar-refractivity contribution in [2.24, 2.45) is 0 Å². The van der Waals surface area contributed by atoms with Gasteiger partial charge in [0.15, 0.2) is 0 Å². The molecule has 3 heteroatoms. The summed E-state index contributed by atoms with van der Waals surface area (Å²) in [5.74, 6) is 0.903. The Kier molecular flexibility index (Phi) is 3.60. The molecule has 0 aliphatic heterocycles. The van der Waals surface area contributed by atoms with Gasteiger partial charge in [0.05, 0.1) is 6.26 Å². The average Bonchev–Trinajstić information content (AvgIpc) is 2.87. The largest absolute Gasteiger partial charge is 0.467 e. The fraction of sp³-hybridized carbons (Fsp3) is 0.636. The Balaban J connectivity index is 1.43. The first-order chi connectivity index (χ1) is 6.95. The van der Waals surface area contributed by atoms with Gasteiger partial charge in [-0.3, -0.25) is 0 Å². The van der Waals surface area contributed by atoms with Gasteiger partial charge < -0.3 is 14.5 Å². The number of furan rings is 1. The molecule has 0 unspecified atom stereocenters. The van der Waals surface area contributed by atoms with Crippen LogP contribution in [-0.2, 0) is 11.3 Å². The number of nitrogens with one attached hydrogen (secondary N) is 1. The van der Waals surface area contributed by atoms with Gasteiger partial charge in [-0.2, -0.15) is 0 Å². The maximum Gasteiger partial charge on any atom is 0.129 e. The first kappa shape index (κ1) is 9.74. The van der Waals surface area contributed by atoms with Gasteiger partial charge in [0.25, 0.3) is 0 Å². The number of ether oxygens (including phenoxy) is 1. The van der Waals surface area contributed by atoms with E-state index in [0.29, 0.717) is 6.61 Å². The molecular formula is C11H17NO2. The Labute approximate surface area is 84.4 Å².